The zero-order valence-electron chi connectivity index (χ0n) is 14.1. The predicted octanol–water partition coefficient (Wildman–Crippen LogP) is 3.23. The Kier molecular flexibility index (Phi) is 6.23. The number of hydrogen-bond donors (Lipinski definition) is 2. The average molecular weight is 348 g/mol. The molecule has 0 aliphatic carbocycles. The minimum Gasteiger partial charge on any atom is -0.398 e. The SMILES string of the molecule is Cc1ccc(NS(=O)(=O)CCCOCc2ccccc2)c(C)c1N. The molecule has 0 atom stereocenters. The lowest BCUT2D eigenvalue weighted by molar-refractivity contribution is 0.122. The second-order valence-electron chi connectivity index (χ2n) is 5.78. The van der Waals surface area contributed by atoms with Gasteiger partial charge in [-0.15, -0.1) is 0 Å². The fourth-order valence-corrected chi connectivity index (χ4v) is 3.46. The van der Waals surface area contributed by atoms with Crippen molar-refractivity contribution < 1.29 is 13.2 Å². The summed E-state index contributed by atoms with van der Waals surface area (Å²) >= 11 is 0. The maximum Gasteiger partial charge on any atom is 0.232 e. The van der Waals surface area contributed by atoms with Crippen molar-refractivity contribution in [1.29, 1.82) is 0 Å². The molecular weight excluding hydrogens is 324 g/mol. The van der Waals surface area contributed by atoms with Gasteiger partial charge in [-0.1, -0.05) is 36.4 Å². The quantitative estimate of drug-likeness (QED) is 0.567. The van der Waals surface area contributed by atoms with E-state index in [0.29, 0.717) is 31.0 Å². The van der Waals surface area contributed by atoms with Gasteiger partial charge in [-0.25, -0.2) is 8.42 Å². The smallest absolute Gasteiger partial charge is 0.232 e. The highest BCUT2D eigenvalue weighted by Crippen LogP contribution is 2.25. The molecule has 24 heavy (non-hydrogen) atoms. The molecule has 130 valence electrons. The Bertz CT molecular complexity index is 774. The van der Waals surface area contributed by atoms with E-state index in [0.717, 1.165) is 16.7 Å². The molecule has 2 aromatic carbocycles. The Morgan fingerprint density at radius 2 is 1.79 bits per heavy atom. The first-order chi connectivity index (χ1) is 11.4. The first-order valence-electron chi connectivity index (χ1n) is 7.87. The van der Waals surface area contributed by atoms with Crippen molar-refractivity contribution in [1.82, 2.24) is 0 Å². The number of nitrogen functional groups attached to an aromatic ring is 1. The summed E-state index contributed by atoms with van der Waals surface area (Å²) in [5.74, 6) is 0.00894. The van der Waals surface area contributed by atoms with Crippen LogP contribution in [0.1, 0.15) is 23.1 Å². The van der Waals surface area contributed by atoms with Crippen LogP contribution >= 0.6 is 0 Å². The molecule has 0 saturated carbocycles. The Balaban J connectivity index is 1.80. The van der Waals surface area contributed by atoms with E-state index in [1.54, 1.807) is 6.07 Å². The molecule has 0 aromatic heterocycles. The highest BCUT2D eigenvalue weighted by atomic mass is 32.2. The maximum atomic E-state index is 12.2. The van der Waals surface area contributed by atoms with Gasteiger partial charge in [0.25, 0.3) is 0 Å². The summed E-state index contributed by atoms with van der Waals surface area (Å²) in [6, 6.07) is 13.3. The largest absolute Gasteiger partial charge is 0.398 e. The van der Waals surface area contributed by atoms with Gasteiger partial charge in [0.2, 0.25) is 10.0 Å². The van der Waals surface area contributed by atoms with Crippen LogP contribution in [0.5, 0.6) is 0 Å². The lowest BCUT2D eigenvalue weighted by Crippen LogP contribution is -2.19. The molecule has 5 nitrogen and oxygen atoms in total. The van der Waals surface area contributed by atoms with Gasteiger partial charge in [0.05, 0.1) is 18.0 Å². The van der Waals surface area contributed by atoms with Crippen LogP contribution in [0.15, 0.2) is 42.5 Å². The van der Waals surface area contributed by atoms with Crippen molar-refractivity contribution in [3.8, 4) is 0 Å². The summed E-state index contributed by atoms with van der Waals surface area (Å²) in [4.78, 5) is 0. The highest BCUT2D eigenvalue weighted by Gasteiger charge is 2.13. The Hall–Kier alpha value is -2.05. The number of benzene rings is 2. The predicted molar refractivity (Wildman–Crippen MR) is 98.5 cm³/mol. The van der Waals surface area contributed by atoms with E-state index >= 15 is 0 Å². The monoisotopic (exact) mass is 348 g/mol. The number of hydrogen-bond acceptors (Lipinski definition) is 4. The molecule has 0 bridgehead atoms. The third kappa shape index (κ3) is 5.25. The summed E-state index contributed by atoms with van der Waals surface area (Å²) in [5, 5.41) is 0. The minimum atomic E-state index is -3.42. The van der Waals surface area contributed by atoms with Crippen LogP contribution in [0, 0.1) is 13.8 Å². The van der Waals surface area contributed by atoms with Gasteiger partial charge in [0, 0.05) is 12.3 Å². The average Bonchev–Trinajstić information content (AvgIpc) is 2.56. The van der Waals surface area contributed by atoms with Gasteiger partial charge >= 0.3 is 0 Å². The second-order valence-corrected chi connectivity index (χ2v) is 7.62. The Labute approximate surface area is 143 Å². The van der Waals surface area contributed by atoms with Gasteiger partial charge in [0.15, 0.2) is 0 Å². The lowest BCUT2D eigenvalue weighted by atomic mass is 10.1. The lowest BCUT2D eigenvalue weighted by Gasteiger charge is -2.13. The first kappa shape index (κ1) is 18.3. The molecule has 0 amide bonds. The van der Waals surface area contributed by atoms with Crippen molar-refractivity contribution in [2.45, 2.75) is 26.9 Å². The van der Waals surface area contributed by atoms with Crippen molar-refractivity contribution in [2.24, 2.45) is 0 Å². The summed E-state index contributed by atoms with van der Waals surface area (Å²) in [7, 11) is -3.42. The van der Waals surface area contributed by atoms with Gasteiger partial charge in [0.1, 0.15) is 0 Å². The van der Waals surface area contributed by atoms with Crippen molar-refractivity contribution in [2.75, 3.05) is 22.8 Å². The fraction of sp³-hybridized carbons (Fsp3) is 0.333. The van der Waals surface area contributed by atoms with Crippen molar-refractivity contribution >= 4 is 21.4 Å². The van der Waals surface area contributed by atoms with E-state index in [9.17, 15) is 8.42 Å². The van der Waals surface area contributed by atoms with Gasteiger partial charge in [-0.2, -0.15) is 0 Å². The van der Waals surface area contributed by atoms with E-state index in [2.05, 4.69) is 4.72 Å². The number of nitrogens with two attached hydrogens (primary N) is 1. The Morgan fingerprint density at radius 1 is 1.08 bits per heavy atom. The molecule has 0 fully saturated rings. The third-order valence-corrected chi connectivity index (χ3v) is 5.17. The summed E-state index contributed by atoms with van der Waals surface area (Å²) < 4.78 is 32.5. The van der Waals surface area contributed by atoms with Crippen LogP contribution in [0.25, 0.3) is 0 Å². The van der Waals surface area contributed by atoms with Crippen LogP contribution in [-0.4, -0.2) is 20.8 Å². The molecule has 0 unspecified atom stereocenters. The van der Waals surface area contributed by atoms with Crippen LogP contribution in [-0.2, 0) is 21.4 Å². The van der Waals surface area contributed by atoms with Gasteiger partial charge < -0.3 is 10.5 Å². The zero-order valence-corrected chi connectivity index (χ0v) is 14.9. The molecular formula is C18H24N2O3S. The molecule has 0 aliphatic rings. The molecule has 0 saturated heterocycles. The molecule has 0 heterocycles. The van der Waals surface area contributed by atoms with E-state index in [1.165, 1.54) is 0 Å². The molecule has 2 aromatic rings. The maximum absolute atomic E-state index is 12.2. The van der Waals surface area contributed by atoms with Gasteiger partial charge in [-0.05, 0) is 43.0 Å². The van der Waals surface area contributed by atoms with Crippen LogP contribution < -0.4 is 10.5 Å². The second kappa shape index (κ2) is 8.17. The number of nitrogens with one attached hydrogen (secondary N) is 1. The number of aryl methyl sites for hydroxylation is 1. The number of rotatable bonds is 8. The Morgan fingerprint density at radius 3 is 2.50 bits per heavy atom. The van der Waals surface area contributed by atoms with E-state index in [4.69, 9.17) is 10.5 Å². The summed E-state index contributed by atoms with van der Waals surface area (Å²) in [6.45, 7) is 4.58. The summed E-state index contributed by atoms with van der Waals surface area (Å²) in [6.07, 6.45) is 0.433. The van der Waals surface area contributed by atoms with Crippen molar-refractivity contribution in [3.05, 3.63) is 59.2 Å². The molecule has 6 heteroatoms. The zero-order chi connectivity index (χ0) is 17.6. The van der Waals surface area contributed by atoms with E-state index in [1.807, 2.05) is 50.2 Å². The standard InChI is InChI=1S/C18H24N2O3S/c1-14-9-10-17(15(2)18(14)19)20-24(21,22)12-6-11-23-13-16-7-4-3-5-8-16/h3-5,7-10,20H,6,11-13,19H2,1-2H3. The van der Waals surface area contributed by atoms with Crippen LogP contribution in [0.2, 0.25) is 0 Å². The molecule has 2 rings (SSSR count). The normalized spacial score (nSPS) is 11.4. The third-order valence-electron chi connectivity index (χ3n) is 3.81. The first-order valence-corrected chi connectivity index (χ1v) is 9.52. The van der Waals surface area contributed by atoms with E-state index in [-0.39, 0.29) is 5.75 Å². The highest BCUT2D eigenvalue weighted by molar-refractivity contribution is 7.92. The minimum absolute atomic E-state index is 0.00894. The van der Waals surface area contributed by atoms with Crippen LogP contribution in [0.4, 0.5) is 11.4 Å². The number of ether oxygens (including phenoxy) is 1. The molecule has 0 aliphatic heterocycles. The van der Waals surface area contributed by atoms with Crippen LogP contribution in [0.3, 0.4) is 0 Å². The topological polar surface area (TPSA) is 81.4 Å². The summed E-state index contributed by atoms with van der Waals surface area (Å²) in [5.41, 5.74) is 9.84. The van der Waals surface area contributed by atoms with Gasteiger partial charge in [-0.3, -0.25) is 4.72 Å². The molecule has 0 radical (unpaired) electrons. The molecule has 0 spiro atoms. The number of sulfonamides is 1. The number of anilines is 2. The van der Waals surface area contributed by atoms with E-state index < -0.39 is 10.0 Å². The molecule has 3 N–H and O–H groups in total. The fourth-order valence-electron chi connectivity index (χ4n) is 2.31. The van der Waals surface area contributed by atoms with Crippen molar-refractivity contribution in [3.63, 3.8) is 0 Å².